The minimum atomic E-state index is -3.85. The molecule has 7 nitrogen and oxygen atoms in total. The molecule has 0 aliphatic carbocycles. The second-order valence-corrected chi connectivity index (χ2v) is 8.97. The van der Waals surface area contributed by atoms with E-state index >= 15 is 0 Å². The number of hydrogen-bond donors (Lipinski definition) is 2. The molecule has 2 N–H and O–H groups in total. The van der Waals surface area contributed by atoms with Crippen molar-refractivity contribution in [2.45, 2.75) is 11.3 Å². The predicted octanol–water partition coefficient (Wildman–Crippen LogP) is 3.60. The Morgan fingerprint density at radius 3 is 2.42 bits per heavy atom. The maximum Gasteiger partial charge on any atom is 0.304 e. The SMILES string of the molecule is O=C(O)CCNS(=O)(=O)c1ccc(C(=O)/C=C/c2csc(-c3ccc(F)cc3)n2)cc1. The number of sulfonamides is 1. The Bertz CT molecular complexity index is 1220. The van der Waals surface area contributed by atoms with Crippen molar-refractivity contribution in [3.63, 3.8) is 0 Å². The van der Waals surface area contributed by atoms with Gasteiger partial charge in [0.2, 0.25) is 10.0 Å². The molecule has 0 spiro atoms. The average Bonchev–Trinajstić information content (AvgIpc) is 3.21. The Labute approximate surface area is 181 Å². The molecule has 0 saturated carbocycles. The summed E-state index contributed by atoms with van der Waals surface area (Å²) in [6.07, 6.45) is 2.54. The van der Waals surface area contributed by atoms with E-state index in [4.69, 9.17) is 5.11 Å². The number of allylic oxidation sites excluding steroid dienone is 1. The van der Waals surface area contributed by atoms with Crippen LogP contribution in [0.4, 0.5) is 4.39 Å². The third-order valence-corrected chi connectivity index (χ3v) is 6.49. The van der Waals surface area contributed by atoms with Gasteiger partial charge in [-0.1, -0.05) is 0 Å². The quantitative estimate of drug-likeness (QED) is 0.373. The Kier molecular flexibility index (Phi) is 7.06. The lowest BCUT2D eigenvalue weighted by Crippen LogP contribution is -2.26. The van der Waals surface area contributed by atoms with Gasteiger partial charge in [-0.2, -0.15) is 0 Å². The normalized spacial score (nSPS) is 11.6. The van der Waals surface area contributed by atoms with E-state index in [0.29, 0.717) is 10.7 Å². The van der Waals surface area contributed by atoms with E-state index in [9.17, 15) is 22.4 Å². The molecule has 3 aromatic rings. The van der Waals surface area contributed by atoms with E-state index in [1.165, 1.54) is 53.8 Å². The highest BCUT2D eigenvalue weighted by atomic mass is 32.2. The van der Waals surface area contributed by atoms with Crippen LogP contribution < -0.4 is 4.72 Å². The summed E-state index contributed by atoms with van der Waals surface area (Å²) in [5, 5.41) is 11.0. The summed E-state index contributed by atoms with van der Waals surface area (Å²) in [6.45, 7) is -0.228. The number of benzene rings is 2. The molecular weight excluding hydrogens is 443 g/mol. The molecule has 0 atom stereocenters. The molecule has 0 amide bonds. The largest absolute Gasteiger partial charge is 0.481 e. The molecule has 0 saturated heterocycles. The van der Waals surface area contributed by atoms with Crippen LogP contribution in [-0.4, -0.2) is 36.8 Å². The van der Waals surface area contributed by atoms with Crippen molar-refractivity contribution < 1.29 is 27.5 Å². The molecule has 0 radical (unpaired) electrons. The molecule has 31 heavy (non-hydrogen) atoms. The van der Waals surface area contributed by atoms with E-state index in [2.05, 4.69) is 9.71 Å². The molecule has 2 aromatic carbocycles. The number of nitrogens with one attached hydrogen (secondary N) is 1. The number of rotatable bonds is 9. The second-order valence-electron chi connectivity index (χ2n) is 6.35. The van der Waals surface area contributed by atoms with Crippen molar-refractivity contribution >= 4 is 39.2 Å². The number of carbonyl (C=O) groups is 2. The van der Waals surface area contributed by atoms with Gasteiger partial charge in [0, 0.05) is 23.1 Å². The second kappa shape index (κ2) is 9.73. The third kappa shape index (κ3) is 6.14. The highest BCUT2D eigenvalue weighted by Gasteiger charge is 2.14. The van der Waals surface area contributed by atoms with Crippen LogP contribution in [0.2, 0.25) is 0 Å². The summed E-state index contributed by atoms with van der Waals surface area (Å²) in [7, 11) is -3.85. The van der Waals surface area contributed by atoms with Crippen LogP contribution in [0.5, 0.6) is 0 Å². The van der Waals surface area contributed by atoms with Crippen LogP contribution >= 0.6 is 11.3 Å². The van der Waals surface area contributed by atoms with Gasteiger partial charge in [-0.3, -0.25) is 9.59 Å². The van der Waals surface area contributed by atoms with E-state index in [-0.39, 0.29) is 35.0 Å². The molecule has 1 aromatic heterocycles. The fraction of sp³-hybridized carbons (Fsp3) is 0.0952. The standard InChI is InChI=1S/C21H17FN2O5S2/c22-16-5-1-15(2-6-16)21-24-17(13-30-21)7-10-19(25)14-3-8-18(9-4-14)31(28,29)23-12-11-20(26)27/h1-10,13,23H,11-12H2,(H,26,27)/b10-7+. The monoisotopic (exact) mass is 460 g/mol. The van der Waals surface area contributed by atoms with Gasteiger partial charge in [0.25, 0.3) is 0 Å². The van der Waals surface area contributed by atoms with E-state index < -0.39 is 16.0 Å². The molecule has 0 aliphatic rings. The lowest BCUT2D eigenvalue weighted by atomic mass is 10.1. The first-order valence-corrected chi connectivity index (χ1v) is 11.4. The Hall–Kier alpha value is -3.21. The van der Waals surface area contributed by atoms with Crippen molar-refractivity contribution in [1.82, 2.24) is 9.71 Å². The first kappa shape index (κ1) is 22.5. The highest BCUT2D eigenvalue weighted by Crippen LogP contribution is 2.24. The number of carboxylic acids is 1. The van der Waals surface area contributed by atoms with Crippen molar-refractivity contribution in [1.29, 1.82) is 0 Å². The smallest absolute Gasteiger partial charge is 0.304 e. The Morgan fingerprint density at radius 1 is 1.10 bits per heavy atom. The molecule has 0 fully saturated rings. The molecule has 0 bridgehead atoms. The number of thiazole rings is 1. The van der Waals surface area contributed by atoms with Gasteiger partial charge in [0.15, 0.2) is 5.78 Å². The van der Waals surface area contributed by atoms with Crippen LogP contribution in [-0.2, 0) is 14.8 Å². The van der Waals surface area contributed by atoms with Gasteiger partial charge >= 0.3 is 5.97 Å². The van der Waals surface area contributed by atoms with Gasteiger partial charge in [-0.05, 0) is 60.7 Å². The lowest BCUT2D eigenvalue weighted by Gasteiger charge is -2.06. The number of aromatic nitrogens is 1. The van der Waals surface area contributed by atoms with Crippen LogP contribution in [0.25, 0.3) is 16.6 Å². The zero-order valence-corrected chi connectivity index (χ0v) is 17.6. The van der Waals surface area contributed by atoms with Crippen LogP contribution in [0.15, 0.2) is 64.9 Å². The third-order valence-electron chi connectivity index (χ3n) is 4.10. The zero-order chi connectivity index (χ0) is 22.4. The zero-order valence-electron chi connectivity index (χ0n) is 16.0. The molecular formula is C21H17FN2O5S2. The summed E-state index contributed by atoms with van der Waals surface area (Å²) < 4.78 is 39.4. The van der Waals surface area contributed by atoms with Gasteiger partial charge in [0.05, 0.1) is 17.0 Å². The van der Waals surface area contributed by atoms with Gasteiger partial charge in [0.1, 0.15) is 10.8 Å². The van der Waals surface area contributed by atoms with Crippen molar-refractivity contribution in [3.05, 3.63) is 77.1 Å². The van der Waals surface area contributed by atoms with Crippen molar-refractivity contribution in [3.8, 4) is 10.6 Å². The van der Waals surface area contributed by atoms with E-state index in [1.54, 1.807) is 23.6 Å². The van der Waals surface area contributed by atoms with Gasteiger partial charge < -0.3 is 5.11 Å². The minimum Gasteiger partial charge on any atom is -0.481 e. The number of aliphatic carboxylic acids is 1. The number of halogens is 1. The van der Waals surface area contributed by atoms with E-state index in [0.717, 1.165) is 5.56 Å². The van der Waals surface area contributed by atoms with Crippen molar-refractivity contribution in [2.24, 2.45) is 0 Å². The number of ketones is 1. The van der Waals surface area contributed by atoms with E-state index in [1.807, 2.05) is 0 Å². The molecule has 10 heteroatoms. The average molecular weight is 461 g/mol. The predicted molar refractivity (Wildman–Crippen MR) is 115 cm³/mol. The Balaban J connectivity index is 1.65. The maximum atomic E-state index is 13.0. The lowest BCUT2D eigenvalue weighted by molar-refractivity contribution is -0.136. The maximum absolute atomic E-state index is 13.0. The number of carbonyl (C=O) groups excluding carboxylic acids is 1. The molecule has 3 rings (SSSR count). The molecule has 0 aliphatic heterocycles. The molecule has 1 heterocycles. The summed E-state index contributed by atoms with van der Waals surface area (Å²) >= 11 is 1.36. The Morgan fingerprint density at radius 2 is 1.77 bits per heavy atom. The summed E-state index contributed by atoms with van der Waals surface area (Å²) in [4.78, 5) is 27.2. The fourth-order valence-corrected chi connectivity index (χ4v) is 4.34. The van der Waals surface area contributed by atoms with Gasteiger partial charge in [-0.25, -0.2) is 22.5 Å². The summed E-state index contributed by atoms with van der Waals surface area (Å²) in [5.74, 6) is -1.78. The topological polar surface area (TPSA) is 113 Å². The number of hydrogen-bond acceptors (Lipinski definition) is 6. The number of carboxylic acid groups (broad SMARTS) is 1. The first-order valence-electron chi connectivity index (χ1n) is 9.00. The highest BCUT2D eigenvalue weighted by molar-refractivity contribution is 7.89. The van der Waals surface area contributed by atoms with Gasteiger partial charge in [-0.15, -0.1) is 11.3 Å². The van der Waals surface area contributed by atoms with Crippen LogP contribution in [0, 0.1) is 5.82 Å². The summed E-state index contributed by atoms with van der Waals surface area (Å²) in [6, 6.07) is 11.3. The molecule has 160 valence electrons. The molecule has 0 unspecified atom stereocenters. The number of nitrogens with zero attached hydrogens (tertiary/aromatic N) is 1. The van der Waals surface area contributed by atoms with Crippen LogP contribution in [0.1, 0.15) is 22.5 Å². The first-order chi connectivity index (χ1) is 14.7. The fourth-order valence-electron chi connectivity index (χ4n) is 2.52. The van der Waals surface area contributed by atoms with Crippen LogP contribution in [0.3, 0.4) is 0 Å². The summed E-state index contributed by atoms with van der Waals surface area (Å²) in [5.41, 5.74) is 1.63. The van der Waals surface area contributed by atoms with Crippen molar-refractivity contribution in [2.75, 3.05) is 6.54 Å². The minimum absolute atomic E-state index is 0.0677.